The molecular weight excluding hydrogens is 619 g/mol. The van der Waals surface area contributed by atoms with Crippen molar-refractivity contribution in [3.05, 3.63) is 86.3 Å². The molecule has 1 aliphatic heterocycles. The molecule has 196 valence electrons. The molecule has 1 saturated heterocycles. The number of imide groups is 1. The molecule has 0 radical (unpaired) electrons. The molecule has 3 amide bonds. The van der Waals surface area contributed by atoms with E-state index in [0.717, 1.165) is 31.5 Å². The Bertz CT molecular complexity index is 1360. The minimum absolute atomic E-state index is 0.222. The van der Waals surface area contributed by atoms with Crippen LogP contribution < -0.4 is 19.5 Å². The van der Waals surface area contributed by atoms with Gasteiger partial charge >= 0.3 is 0 Å². The second-order valence-corrected chi connectivity index (χ2v) is 10.5. The lowest BCUT2D eigenvalue weighted by Crippen LogP contribution is -2.36. The van der Waals surface area contributed by atoms with Crippen LogP contribution in [0.5, 0.6) is 17.2 Å². The quantitative estimate of drug-likeness (QED) is 0.171. The zero-order valence-corrected chi connectivity index (χ0v) is 23.7. The summed E-state index contributed by atoms with van der Waals surface area (Å²) in [5, 5.41) is 2.20. The number of thioether (sulfide) groups is 1. The van der Waals surface area contributed by atoms with Gasteiger partial charge in [-0.1, -0.05) is 23.8 Å². The van der Waals surface area contributed by atoms with Crippen LogP contribution in [-0.2, 0) is 9.59 Å². The number of nitrogens with zero attached hydrogens (tertiary/aromatic N) is 1. The van der Waals surface area contributed by atoms with E-state index in [9.17, 15) is 14.4 Å². The van der Waals surface area contributed by atoms with Crippen LogP contribution in [-0.4, -0.2) is 48.8 Å². The van der Waals surface area contributed by atoms with Gasteiger partial charge in [-0.25, -0.2) is 0 Å². The Labute approximate surface area is 238 Å². The van der Waals surface area contributed by atoms with Crippen LogP contribution in [0.15, 0.2) is 71.6 Å². The number of hydrogen-bond donors (Lipinski definition) is 1. The number of hydrogen-bond acceptors (Lipinski definition) is 7. The second kappa shape index (κ2) is 12.8. The molecule has 0 atom stereocenters. The zero-order valence-electron chi connectivity index (χ0n) is 20.7. The number of nitrogens with one attached hydrogen (secondary N) is 1. The van der Waals surface area contributed by atoms with Gasteiger partial charge in [-0.3, -0.25) is 19.3 Å². The van der Waals surface area contributed by atoms with E-state index in [-0.39, 0.29) is 11.4 Å². The number of aryl methyl sites for hydroxylation is 1. The van der Waals surface area contributed by atoms with Gasteiger partial charge in [-0.05, 0) is 101 Å². The summed E-state index contributed by atoms with van der Waals surface area (Å²) in [4.78, 5) is 38.9. The standard InChI is InChI=1S/C28H25IN2O6S/c1-18-3-10-22(11-4-18)36-13-14-37-23-12-5-19(15-24(23)35-2)16-25-27(33)31(28(34)38-25)17-26(32)30-21-8-6-20(29)7-9-21/h3-12,15-16H,13-14,17H2,1-2H3,(H,30,32)/b25-16-. The van der Waals surface area contributed by atoms with Crippen molar-refractivity contribution in [3.8, 4) is 17.2 Å². The summed E-state index contributed by atoms with van der Waals surface area (Å²) in [6.07, 6.45) is 1.59. The first kappa shape index (κ1) is 27.5. The van der Waals surface area contributed by atoms with Gasteiger partial charge in [-0.15, -0.1) is 0 Å². The molecule has 8 nitrogen and oxygen atoms in total. The third-order valence-electron chi connectivity index (χ3n) is 5.42. The van der Waals surface area contributed by atoms with E-state index in [1.54, 1.807) is 36.4 Å². The van der Waals surface area contributed by atoms with Crippen molar-refractivity contribution in [1.29, 1.82) is 0 Å². The molecule has 0 saturated carbocycles. The lowest BCUT2D eigenvalue weighted by atomic mass is 10.2. The van der Waals surface area contributed by atoms with Crippen molar-refractivity contribution in [2.75, 3.05) is 32.2 Å². The molecule has 1 heterocycles. The Balaban J connectivity index is 1.34. The van der Waals surface area contributed by atoms with Crippen LogP contribution in [0.4, 0.5) is 10.5 Å². The first-order valence-corrected chi connectivity index (χ1v) is 13.5. The third-order valence-corrected chi connectivity index (χ3v) is 7.05. The van der Waals surface area contributed by atoms with Crippen LogP contribution >= 0.6 is 34.4 Å². The lowest BCUT2D eigenvalue weighted by Gasteiger charge is -2.13. The highest BCUT2D eigenvalue weighted by Crippen LogP contribution is 2.34. The molecule has 1 aliphatic rings. The fourth-order valence-electron chi connectivity index (χ4n) is 3.50. The molecule has 0 spiro atoms. The number of benzene rings is 3. The summed E-state index contributed by atoms with van der Waals surface area (Å²) in [7, 11) is 1.52. The van der Waals surface area contributed by atoms with Gasteiger partial charge < -0.3 is 19.5 Å². The number of carbonyl (C=O) groups is 3. The maximum Gasteiger partial charge on any atom is 0.294 e. The van der Waals surface area contributed by atoms with Crippen LogP contribution in [0.2, 0.25) is 0 Å². The number of methoxy groups -OCH3 is 1. The average molecular weight is 644 g/mol. The Morgan fingerprint density at radius 3 is 2.39 bits per heavy atom. The number of anilines is 1. The molecule has 1 fully saturated rings. The van der Waals surface area contributed by atoms with Crippen LogP contribution in [0.1, 0.15) is 11.1 Å². The van der Waals surface area contributed by atoms with Gasteiger partial charge in [0.1, 0.15) is 25.5 Å². The summed E-state index contributed by atoms with van der Waals surface area (Å²) in [5.41, 5.74) is 2.40. The normalized spacial score (nSPS) is 14.1. The van der Waals surface area contributed by atoms with Crippen LogP contribution in [0.25, 0.3) is 6.08 Å². The van der Waals surface area contributed by atoms with Crippen molar-refractivity contribution in [3.63, 3.8) is 0 Å². The molecule has 0 unspecified atom stereocenters. The molecule has 10 heteroatoms. The molecule has 3 aromatic rings. The van der Waals surface area contributed by atoms with Crippen molar-refractivity contribution in [2.24, 2.45) is 0 Å². The lowest BCUT2D eigenvalue weighted by molar-refractivity contribution is -0.127. The van der Waals surface area contributed by atoms with Gasteiger partial charge in [0.15, 0.2) is 11.5 Å². The smallest absolute Gasteiger partial charge is 0.294 e. The highest BCUT2D eigenvalue weighted by molar-refractivity contribution is 14.1. The fraction of sp³-hybridized carbons (Fsp3) is 0.179. The minimum Gasteiger partial charge on any atom is -0.493 e. The Kier molecular flexibility index (Phi) is 9.29. The largest absolute Gasteiger partial charge is 0.493 e. The summed E-state index contributed by atoms with van der Waals surface area (Å²) in [6.45, 7) is 2.32. The van der Waals surface area contributed by atoms with Crippen LogP contribution in [0, 0.1) is 10.5 Å². The number of amides is 3. The Hall–Kier alpha value is -3.51. The highest BCUT2D eigenvalue weighted by Gasteiger charge is 2.36. The first-order valence-electron chi connectivity index (χ1n) is 11.6. The Morgan fingerprint density at radius 1 is 0.974 bits per heavy atom. The van der Waals surface area contributed by atoms with Crippen molar-refractivity contribution < 1.29 is 28.6 Å². The first-order chi connectivity index (χ1) is 18.3. The second-order valence-electron chi connectivity index (χ2n) is 8.24. The SMILES string of the molecule is COc1cc(/C=C2\SC(=O)N(CC(=O)Nc3ccc(I)cc3)C2=O)ccc1OCCOc1ccc(C)cc1. The predicted molar refractivity (Wildman–Crippen MR) is 156 cm³/mol. The summed E-state index contributed by atoms with van der Waals surface area (Å²) in [5.74, 6) is 0.792. The number of ether oxygens (including phenoxy) is 3. The van der Waals surface area contributed by atoms with E-state index < -0.39 is 17.1 Å². The molecule has 0 bridgehead atoms. The molecular formula is C28H25IN2O6S. The molecule has 38 heavy (non-hydrogen) atoms. The molecule has 0 aromatic heterocycles. The van der Waals surface area contributed by atoms with Gasteiger partial charge in [0.2, 0.25) is 5.91 Å². The van der Waals surface area contributed by atoms with E-state index in [4.69, 9.17) is 14.2 Å². The van der Waals surface area contributed by atoms with Gasteiger partial charge in [0.25, 0.3) is 11.1 Å². The average Bonchev–Trinajstić information content (AvgIpc) is 3.16. The molecule has 0 aliphatic carbocycles. The molecule has 1 N–H and O–H groups in total. The Morgan fingerprint density at radius 2 is 1.68 bits per heavy atom. The fourth-order valence-corrected chi connectivity index (χ4v) is 4.70. The van der Waals surface area contributed by atoms with Crippen LogP contribution in [0.3, 0.4) is 0 Å². The van der Waals surface area contributed by atoms with Crippen molar-refractivity contribution in [2.45, 2.75) is 6.92 Å². The zero-order chi connectivity index (χ0) is 27.1. The number of rotatable bonds is 10. The van der Waals surface area contributed by atoms with E-state index in [2.05, 4.69) is 27.9 Å². The van der Waals surface area contributed by atoms with Crippen molar-refractivity contribution in [1.82, 2.24) is 4.90 Å². The summed E-state index contributed by atoms with van der Waals surface area (Å²) < 4.78 is 18.0. The van der Waals surface area contributed by atoms with E-state index >= 15 is 0 Å². The predicted octanol–water partition coefficient (Wildman–Crippen LogP) is 5.74. The maximum atomic E-state index is 12.8. The van der Waals surface area contributed by atoms with Crippen molar-refractivity contribution >= 4 is 63.2 Å². The molecule has 3 aromatic carbocycles. The molecule has 4 rings (SSSR count). The number of halogens is 1. The summed E-state index contributed by atoms with van der Waals surface area (Å²) >= 11 is 2.95. The summed E-state index contributed by atoms with van der Waals surface area (Å²) in [6, 6.07) is 20.2. The van der Waals surface area contributed by atoms with Gasteiger partial charge in [0, 0.05) is 9.26 Å². The van der Waals surface area contributed by atoms with Gasteiger partial charge in [-0.2, -0.15) is 0 Å². The number of carbonyl (C=O) groups excluding carboxylic acids is 3. The van der Waals surface area contributed by atoms with E-state index in [1.807, 2.05) is 43.3 Å². The van der Waals surface area contributed by atoms with Gasteiger partial charge in [0.05, 0.1) is 12.0 Å². The topological polar surface area (TPSA) is 94.2 Å². The maximum absolute atomic E-state index is 12.8. The highest BCUT2D eigenvalue weighted by atomic mass is 127. The minimum atomic E-state index is -0.523. The van der Waals surface area contributed by atoms with E-state index in [0.29, 0.717) is 36.0 Å². The monoisotopic (exact) mass is 644 g/mol. The van der Waals surface area contributed by atoms with E-state index in [1.165, 1.54) is 7.11 Å². The third kappa shape index (κ3) is 7.29.